The first-order valence-corrected chi connectivity index (χ1v) is 13.4. The molecular formula is C29H27N3O3S. The van der Waals surface area contributed by atoms with Crippen LogP contribution in [0.25, 0.3) is 10.9 Å². The SMILES string of the molecule is O=C(CSc1nc2ccccc2c(=O)n1CC1CCCO1)N1c2ccccc2CCc2ccccc21. The Balaban J connectivity index is 1.35. The van der Waals surface area contributed by atoms with Gasteiger partial charge < -0.3 is 4.74 Å². The summed E-state index contributed by atoms with van der Waals surface area (Å²) in [7, 11) is 0. The second-order valence-electron chi connectivity index (χ2n) is 9.24. The number of aromatic nitrogens is 2. The third-order valence-electron chi connectivity index (χ3n) is 6.94. The van der Waals surface area contributed by atoms with E-state index in [1.54, 1.807) is 10.6 Å². The zero-order chi connectivity index (χ0) is 24.5. The molecule has 1 saturated heterocycles. The summed E-state index contributed by atoms with van der Waals surface area (Å²) in [5.41, 5.74) is 4.73. The first-order valence-electron chi connectivity index (χ1n) is 12.4. The molecule has 0 N–H and O–H groups in total. The molecule has 1 atom stereocenters. The molecule has 2 aliphatic heterocycles. The smallest absolute Gasteiger partial charge is 0.262 e. The lowest BCUT2D eigenvalue weighted by Gasteiger charge is -2.25. The van der Waals surface area contributed by atoms with Gasteiger partial charge in [-0.15, -0.1) is 0 Å². The second-order valence-corrected chi connectivity index (χ2v) is 10.2. The van der Waals surface area contributed by atoms with Crippen LogP contribution in [0.1, 0.15) is 24.0 Å². The second kappa shape index (κ2) is 9.91. The van der Waals surface area contributed by atoms with Gasteiger partial charge in [-0.2, -0.15) is 0 Å². The van der Waals surface area contributed by atoms with Gasteiger partial charge >= 0.3 is 0 Å². The van der Waals surface area contributed by atoms with Crippen molar-refractivity contribution < 1.29 is 9.53 Å². The number of aryl methyl sites for hydroxylation is 2. The molecule has 182 valence electrons. The van der Waals surface area contributed by atoms with Crippen molar-refractivity contribution in [3.05, 3.63) is 94.3 Å². The Kier molecular flexibility index (Phi) is 6.34. The molecule has 7 heteroatoms. The van der Waals surface area contributed by atoms with Gasteiger partial charge in [0.2, 0.25) is 5.91 Å². The molecule has 0 radical (unpaired) electrons. The summed E-state index contributed by atoms with van der Waals surface area (Å²) < 4.78 is 7.51. The summed E-state index contributed by atoms with van der Waals surface area (Å²) in [5.74, 6) is 0.131. The van der Waals surface area contributed by atoms with Gasteiger partial charge in [0.15, 0.2) is 5.16 Å². The number of fused-ring (bicyclic) bond motifs is 3. The summed E-state index contributed by atoms with van der Waals surface area (Å²) >= 11 is 1.32. The minimum absolute atomic E-state index is 0.00919. The highest BCUT2D eigenvalue weighted by Gasteiger charge is 2.27. The van der Waals surface area contributed by atoms with Crippen LogP contribution in [0.5, 0.6) is 0 Å². The Labute approximate surface area is 213 Å². The number of hydrogen-bond donors (Lipinski definition) is 0. The van der Waals surface area contributed by atoms with Crippen molar-refractivity contribution in [2.24, 2.45) is 0 Å². The van der Waals surface area contributed by atoms with E-state index >= 15 is 0 Å². The number of nitrogens with zero attached hydrogens (tertiary/aromatic N) is 3. The summed E-state index contributed by atoms with van der Waals surface area (Å²) in [6.07, 6.45) is 3.68. The van der Waals surface area contributed by atoms with Gasteiger partial charge in [0, 0.05) is 6.61 Å². The van der Waals surface area contributed by atoms with Crippen molar-refractivity contribution in [3.63, 3.8) is 0 Å². The van der Waals surface area contributed by atoms with E-state index < -0.39 is 0 Å². The zero-order valence-corrected chi connectivity index (χ0v) is 20.7. The van der Waals surface area contributed by atoms with Gasteiger partial charge in [-0.1, -0.05) is 60.3 Å². The standard InChI is InChI=1S/C29H27N3O3S/c33-27(32-25-13-5-1-8-20(25)15-16-21-9-2-6-14-26(21)32)19-36-29-30-24-12-4-3-11-23(24)28(34)31(29)18-22-10-7-17-35-22/h1-6,8-9,11-14,22H,7,10,15-19H2. The van der Waals surface area contributed by atoms with E-state index in [0.717, 1.165) is 54.8 Å². The van der Waals surface area contributed by atoms with Gasteiger partial charge in [0.05, 0.1) is 40.7 Å². The molecule has 1 fully saturated rings. The predicted octanol–water partition coefficient (Wildman–Crippen LogP) is 5.13. The zero-order valence-electron chi connectivity index (χ0n) is 19.9. The largest absolute Gasteiger partial charge is 0.376 e. The van der Waals surface area contributed by atoms with E-state index in [4.69, 9.17) is 9.72 Å². The van der Waals surface area contributed by atoms with Crippen molar-refractivity contribution in [2.75, 3.05) is 17.3 Å². The fourth-order valence-electron chi connectivity index (χ4n) is 5.15. The fourth-order valence-corrected chi connectivity index (χ4v) is 6.01. The van der Waals surface area contributed by atoms with Gasteiger partial charge in [-0.3, -0.25) is 19.1 Å². The molecule has 3 aromatic carbocycles. The van der Waals surface area contributed by atoms with E-state index in [-0.39, 0.29) is 23.3 Å². The summed E-state index contributed by atoms with van der Waals surface area (Å²) in [6, 6.07) is 23.6. The van der Waals surface area contributed by atoms with Crippen LogP contribution in [0.15, 0.2) is 82.7 Å². The maximum atomic E-state index is 13.8. The molecule has 6 rings (SSSR count). The van der Waals surface area contributed by atoms with Crippen molar-refractivity contribution in [3.8, 4) is 0 Å². The molecule has 1 unspecified atom stereocenters. The van der Waals surface area contributed by atoms with E-state index in [1.807, 2.05) is 59.5 Å². The number of ether oxygens (including phenoxy) is 1. The monoisotopic (exact) mass is 497 g/mol. The van der Waals surface area contributed by atoms with Crippen LogP contribution in [0.4, 0.5) is 11.4 Å². The van der Waals surface area contributed by atoms with E-state index in [0.29, 0.717) is 22.6 Å². The van der Waals surface area contributed by atoms with Crippen LogP contribution in [0.2, 0.25) is 0 Å². The Hall–Kier alpha value is -3.42. The molecule has 1 amide bonds. The third kappa shape index (κ3) is 4.33. The number of rotatable bonds is 5. The number of hydrogen-bond acceptors (Lipinski definition) is 5. The molecule has 2 aliphatic rings. The van der Waals surface area contributed by atoms with Crippen LogP contribution >= 0.6 is 11.8 Å². The van der Waals surface area contributed by atoms with Gasteiger partial charge in [-0.25, -0.2) is 4.98 Å². The molecule has 3 heterocycles. The summed E-state index contributed by atoms with van der Waals surface area (Å²) in [5, 5.41) is 1.14. The number of anilines is 2. The summed E-state index contributed by atoms with van der Waals surface area (Å²) in [6.45, 7) is 1.16. The molecular weight excluding hydrogens is 470 g/mol. The molecule has 0 spiro atoms. The molecule has 36 heavy (non-hydrogen) atoms. The Bertz CT molecular complexity index is 1450. The number of para-hydroxylation sites is 3. The van der Waals surface area contributed by atoms with Crippen molar-refractivity contribution in [1.29, 1.82) is 0 Å². The highest BCUT2D eigenvalue weighted by molar-refractivity contribution is 7.99. The third-order valence-corrected chi connectivity index (χ3v) is 7.90. The minimum Gasteiger partial charge on any atom is -0.376 e. The summed E-state index contributed by atoms with van der Waals surface area (Å²) in [4.78, 5) is 33.9. The average Bonchev–Trinajstić information content (AvgIpc) is 3.36. The predicted molar refractivity (Wildman–Crippen MR) is 143 cm³/mol. The van der Waals surface area contributed by atoms with Crippen LogP contribution < -0.4 is 10.5 Å². The minimum atomic E-state index is -0.0866. The molecule has 1 aromatic heterocycles. The van der Waals surface area contributed by atoms with Gasteiger partial charge in [0.25, 0.3) is 5.56 Å². The Morgan fingerprint density at radius 3 is 2.31 bits per heavy atom. The van der Waals surface area contributed by atoms with E-state index in [2.05, 4.69) is 12.1 Å². The Morgan fingerprint density at radius 2 is 1.61 bits per heavy atom. The maximum absolute atomic E-state index is 13.8. The number of amides is 1. The van der Waals surface area contributed by atoms with E-state index in [9.17, 15) is 9.59 Å². The van der Waals surface area contributed by atoms with Crippen LogP contribution in [-0.2, 0) is 28.9 Å². The fraction of sp³-hybridized carbons (Fsp3) is 0.276. The van der Waals surface area contributed by atoms with Crippen LogP contribution in [0.3, 0.4) is 0 Å². The molecule has 0 aliphatic carbocycles. The van der Waals surface area contributed by atoms with Crippen LogP contribution in [0, 0.1) is 0 Å². The first kappa shape index (κ1) is 23.0. The normalized spacial score (nSPS) is 17.0. The van der Waals surface area contributed by atoms with Crippen molar-refractivity contribution in [2.45, 2.75) is 43.5 Å². The molecule has 0 saturated carbocycles. The van der Waals surface area contributed by atoms with Crippen LogP contribution in [-0.4, -0.2) is 33.9 Å². The molecule has 0 bridgehead atoms. The van der Waals surface area contributed by atoms with Crippen molar-refractivity contribution in [1.82, 2.24) is 9.55 Å². The number of carbonyl (C=O) groups is 1. The first-order chi connectivity index (χ1) is 17.7. The lowest BCUT2D eigenvalue weighted by molar-refractivity contribution is -0.115. The molecule has 6 nitrogen and oxygen atoms in total. The topological polar surface area (TPSA) is 64.4 Å². The number of benzene rings is 3. The highest BCUT2D eigenvalue weighted by Crippen LogP contribution is 2.36. The van der Waals surface area contributed by atoms with Gasteiger partial charge in [0.1, 0.15) is 0 Å². The maximum Gasteiger partial charge on any atom is 0.262 e. The molecule has 4 aromatic rings. The average molecular weight is 498 g/mol. The Morgan fingerprint density at radius 1 is 0.944 bits per heavy atom. The number of thioether (sulfide) groups is 1. The highest BCUT2D eigenvalue weighted by atomic mass is 32.2. The number of carbonyl (C=O) groups excluding carboxylic acids is 1. The lowest BCUT2D eigenvalue weighted by Crippen LogP contribution is -2.31. The lowest BCUT2D eigenvalue weighted by atomic mass is 10.0. The van der Waals surface area contributed by atoms with Crippen molar-refractivity contribution >= 4 is 39.9 Å². The van der Waals surface area contributed by atoms with Gasteiger partial charge in [-0.05, 0) is 61.1 Å². The van der Waals surface area contributed by atoms with E-state index in [1.165, 1.54) is 11.8 Å². The quantitative estimate of drug-likeness (QED) is 0.283.